The lowest BCUT2D eigenvalue weighted by Crippen LogP contribution is -2.31. The largest absolute Gasteiger partial charge is 0.573 e. The Morgan fingerprint density at radius 2 is 1.80 bits per heavy atom. The number of anilines is 2. The molecule has 0 radical (unpaired) electrons. The van der Waals surface area contributed by atoms with E-state index < -0.39 is 23.9 Å². The zero-order valence-corrected chi connectivity index (χ0v) is 12.8. The van der Waals surface area contributed by atoms with Gasteiger partial charge in [-0.25, -0.2) is 0 Å². The number of amides is 2. The van der Waals surface area contributed by atoms with Crippen molar-refractivity contribution in [2.75, 3.05) is 10.6 Å². The van der Waals surface area contributed by atoms with Crippen LogP contribution in [0.1, 0.15) is 17.9 Å². The van der Waals surface area contributed by atoms with Gasteiger partial charge in [-0.15, -0.1) is 13.2 Å². The molecule has 0 aliphatic carbocycles. The molecule has 0 aromatic heterocycles. The summed E-state index contributed by atoms with van der Waals surface area (Å²) < 4.78 is 41.3. The van der Waals surface area contributed by atoms with Crippen molar-refractivity contribution in [2.45, 2.75) is 18.7 Å². The molecule has 0 unspecified atom stereocenters. The van der Waals surface area contributed by atoms with Crippen molar-refractivity contribution in [1.82, 2.24) is 0 Å². The van der Waals surface area contributed by atoms with E-state index in [0.29, 0.717) is 11.3 Å². The van der Waals surface area contributed by atoms with Gasteiger partial charge in [0.25, 0.3) is 0 Å². The van der Waals surface area contributed by atoms with Crippen LogP contribution in [-0.4, -0.2) is 18.2 Å². The Balaban J connectivity index is 1.85. The molecule has 2 N–H and O–H groups in total. The smallest absolute Gasteiger partial charge is 0.404 e. The van der Waals surface area contributed by atoms with Gasteiger partial charge in [0, 0.05) is 12.1 Å². The van der Waals surface area contributed by atoms with Gasteiger partial charge < -0.3 is 15.4 Å². The number of alkyl halides is 3. The van der Waals surface area contributed by atoms with Crippen molar-refractivity contribution in [3.63, 3.8) is 0 Å². The van der Waals surface area contributed by atoms with Crippen LogP contribution in [0.25, 0.3) is 0 Å². The zero-order chi connectivity index (χ0) is 18.0. The van der Waals surface area contributed by atoms with Gasteiger partial charge in [0.05, 0.1) is 11.6 Å². The molecule has 3 rings (SSSR count). The molecular formula is C17H13F3N2O3. The maximum atomic E-state index is 12.6. The van der Waals surface area contributed by atoms with E-state index in [0.717, 1.165) is 6.07 Å². The molecule has 2 aromatic carbocycles. The number of fused-ring (bicyclic) bond motifs is 1. The van der Waals surface area contributed by atoms with E-state index in [4.69, 9.17) is 0 Å². The summed E-state index contributed by atoms with van der Waals surface area (Å²) in [6, 6.07) is 12.0. The molecule has 1 atom stereocenters. The molecule has 8 heteroatoms. The van der Waals surface area contributed by atoms with Crippen LogP contribution in [0.2, 0.25) is 0 Å². The van der Waals surface area contributed by atoms with E-state index >= 15 is 0 Å². The van der Waals surface area contributed by atoms with Crippen LogP contribution in [-0.2, 0) is 9.59 Å². The van der Waals surface area contributed by atoms with Crippen molar-refractivity contribution < 1.29 is 27.5 Å². The summed E-state index contributed by atoms with van der Waals surface area (Å²) in [5.74, 6) is -2.24. The summed E-state index contributed by atoms with van der Waals surface area (Å²) >= 11 is 0. The quantitative estimate of drug-likeness (QED) is 0.888. The first kappa shape index (κ1) is 16.8. The third-order valence-electron chi connectivity index (χ3n) is 3.69. The Morgan fingerprint density at radius 3 is 2.56 bits per heavy atom. The number of para-hydroxylation sites is 3. The predicted molar refractivity (Wildman–Crippen MR) is 84.2 cm³/mol. The number of rotatable bonds is 3. The molecule has 1 heterocycles. The average Bonchev–Trinajstić information content (AvgIpc) is 2.54. The maximum absolute atomic E-state index is 12.6. The molecular weight excluding hydrogens is 337 g/mol. The van der Waals surface area contributed by atoms with Crippen LogP contribution in [0.4, 0.5) is 24.5 Å². The topological polar surface area (TPSA) is 67.4 Å². The first-order valence-electron chi connectivity index (χ1n) is 7.38. The SMILES string of the molecule is O=C1C[C@@H](C(=O)Nc2ccccc2OC(F)(F)F)c2ccccc2N1. The first-order valence-corrected chi connectivity index (χ1v) is 7.38. The summed E-state index contributed by atoms with van der Waals surface area (Å²) in [6.45, 7) is 0. The second kappa shape index (κ2) is 6.46. The van der Waals surface area contributed by atoms with Crippen molar-refractivity contribution in [3.8, 4) is 5.75 Å². The Hall–Kier alpha value is -3.03. The standard InChI is InChI=1S/C17H13F3N2O3/c18-17(19,20)25-14-8-4-3-7-13(14)22-16(24)11-9-15(23)21-12-6-2-1-5-10(11)12/h1-8,11H,9H2,(H,21,23)(H,22,24)/t11-/m1/s1. The minimum atomic E-state index is -4.88. The van der Waals surface area contributed by atoms with Gasteiger partial charge in [-0.2, -0.15) is 0 Å². The van der Waals surface area contributed by atoms with Crippen molar-refractivity contribution in [1.29, 1.82) is 0 Å². The van der Waals surface area contributed by atoms with Crippen molar-refractivity contribution in [2.24, 2.45) is 0 Å². The number of hydrogen-bond donors (Lipinski definition) is 2. The highest BCUT2D eigenvalue weighted by atomic mass is 19.4. The zero-order valence-electron chi connectivity index (χ0n) is 12.8. The molecule has 0 spiro atoms. The van der Waals surface area contributed by atoms with Crippen LogP contribution in [0.3, 0.4) is 0 Å². The van der Waals surface area contributed by atoms with E-state index in [-0.39, 0.29) is 18.0 Å². The van der Waals surface area contributed by atoms with Crippen LogP contribution in [0.5, 0.6) is 5.75 Å². The Labute approximate surface area is 140 Å². The summed E-state index contributed by atoms with van der Waals surface area (Å²) in [7, 11) is 0. The monoisotopic (exact) mass is 350 g/mol. The number of carbonyl (C=O) groups is 2. The van der Waals surface area contributed by atoms with Gasteiger partial charge in [-0.05, 0) is 23.8 Å². The average molecular weight is 350 g/mol. The van der Waals surface area contributed by atoms with E-state index in [9.17, 15) is 22.8 Å². The molecule has 25 heavy (non-hydrogen) atoms. The number of hydrogen-bond acceptors (Lipinski definition) is 3. The van der Waals surface area contributed by atoms with E-state index in [1.54, 1.807) is 24.3 Å². The van der Waals surface area contributed by atoms with Gasteiger partial charge >= 0.3 is 6.36 Å². The molecule has 130 valence electrons. The molecule has 5 nitrogen and oxygen atoms in total. The van der Waals surface area contributed by atoms with E-state index in [2.05, 4.69) is 15.4 Å². The van der Waals surface area contributed by atoms with Gasteiger partial charge in [-0.1, -0.05) is 30.3 Å². The fraction of sp³-hybridized carbons (Fsp3) is 0.176. The fourth-order valence-corrected chi connectivity index (χ4v) is 2.65. The third kappa shape index (κ3) is 3.90. The minimum Gasteiger partial charge on any atom is -0.404 e. The predicted octanol–water partition coefficient (Wildman–Crippen LogP) is 3.65. The molecule has 0 saturated carbocycles. The van der Waals surface area contributed by atoms with Crippen LogP contribution < -0.4 is 15.4 Å². The maximum Gasteiger partial charge on any atom is 0.573 e. The molecule has 2 amide bonds. The fourth-order valence-electron chi connectivity index (χ4n) is 2.65. The first-order chi connectivity index (χ1) is 11.8. The molecule has 2 aromatic rings. The molecule has 1 aliphatic heterocycles. The van der Waals surface area contributed by atoms with Crippen LogP contribution in [0, 0.1) is 0 Å². The summed E-state index contributed by atoms with van der Waals surface area (Å²) in [4.78, 5) is 24.3. The number of ether oxygens (including phenoxy) is 1. The lowest BCUT2D eigenvalue weighted by Gasteiger charge is -2.25. The summed E-state index contributed by atoms with van der Waals surface area (Å²) in [5.41, 5.74) is 1.00. The van der Waals surface area contributed by atoms with Gasteiger partial charge in [0.2, 0.25) is 11.8 Å². The van der Waals surface area contributed by atoms with Crippen LogP contribution in [0.15, 0.2) is 48.5 Å². The molecule has 1 aliphatic rings. The Bertz CT molecular complexity index is 821. The molecule has 0 saturated heterocycles. The number of benzene rings is 2. The normalized spacial score (nSPS) is 16.6. The van der Waals surface area contributed by atoms with Gasteiger partial charge in [0.15, 0.2) is 5.75 Å². The second-order valence-corrected chi connectivity index (χ2v) is 5.43. The third-order valence-corrected chi connectivity index (χ3v) is 3.69. The molecule has 0 fully saturated rings. The Morgan fingerprint density at radius 1 is 1.12 bits per heavy atom. The summed E-state index contributed by atoms with van der Waals surface area (Å²) in [5, 5.41) is 5.08. The van der Waals surface area contributed by atoms with Crippen molar-refractivity contribution >= 4 is 23.2 Å². The minimum absolute atomic E-state index is 0.0921. The highest BCUT2D eigenvalue weighted by Crippen LogP contribution is 2.35. The van der Waals surface area contributed by atoms with Crippen molar-refractivity contribution in [3.05, 3.63) is 54.1 Å². The van der Waals surface area contributed by atoms with E-state index in [1.807, 2.05) is 0 Å². The number of halogens is 3. The molecule has 0 bridgehead atoms. The van der Waals surface area contributed by atoms with Gasteiger partial charge in [-0.3, -0.25) is 9.59 Å². The lowest BCUT2D eigenvalue weighted by atomic mass is 9.90. The second-order valence-electron chi connectivity index (χ2n) is 5.43. The van der Waals surface area contributed by atoms with Crippen LogP contribution >= 0.6 is 0 Å². The van der Waals surface area contributed by atoms with E-state index in [1.165, 1.54) is 18.2 Å². The highest BCUT2D eigenvalue weighted by molar-refractivity contribution is 6.05. The highest BCUT2D eigenvalue weighted by Gasteiger charge is 2.34. The summed E-state index contributed by atoms with van der Waals surface area (Å²) in [6.07, 6.45) is -4.97. The number of carbonyl (C=O) groups excluding carboxylic acids is 2. The number of nitrogens with one attached hydrogen (secondary N) is 2. The lowest BCUT2D eigenvalue weighted by molar-refractivity contribution is -0.274. The van der Waals surface area contributed by atoms with Gasteiger partial charge in [0.1, 0.15) is 0 Å². The Kier molecular flexibility index (Phi) is 4.35.